The van der Waals surface area contributed by atoms with Gasteiger partial charge < -0.3 is 9.80 Å². The molecule has 1 aromatic heterocycles. The van der Waals surface area contributed by atoms with E-state index in [0.717, 1.165) is 31.7 Å². The molecule has 0 saturated carbocycles. The fraction of sp³-hybridized carbons (Fsp3) is 0.348. The quantitative estimate of drug-likeness (QED) is 0.668. The number of piperazine rings is 1. The first-order valence-electron chi connectivity index (χ1n) is 10.3. The van der Waals surface area contributed by atoms with E-state index in [1.165, 1.54) is 4.90 Å². The van der Waals surface area contributed by atoms with Crippen LogP contribution >= 0.6 is 0 Å². The van der Waals surface area contributed by atoms with Crippen molar-refractivity contribution in [3.8, 4) is 6.07 Å². The molecule has 2 aromatic carbocycles. The van der Waals surface area contributed by atoms with Crippen LogP contribution in [0.15, 0.2) is 47.4 Å². The second-order valence-electron chi connectivity index (χ2n) is 8.19. The van der Waals surface area contributed by atoms with E-state index in [1.807, 2.05) is 37.3 Å². The molecule has 31 heavy (non-hydrogen) atoms. The highest BCUT2D eigenvalue weighted by molar-refractivity contribution is 7.92. The van der Waals surface area contributed by atoms with Crippen LogP contribution in [0.25, 0.3) is 11.0 Å². The Bertz CT molecular complexity index is 1270. The van der Waals surface area contributed by atoms with Gasteiger partial charge in [-0.2, -0.15) is 5.26 Å². The lowest BCUT2D eigenvalue weighted by Crippen LogP contribution is -3.12. The van der Waals surface area contributed by atoms with Gasteiger partial charge in [-0.1, -0.05) is 24.3 Å². The fourth-order valence-electron chi connectivity index (χ4n) is 3.93. The van der Waals surface area contributed by atoms with E-state index in [9.17, 15) is 13.7 Å². The number of sulfone groups is 1. The highest BCUT2D eigenvalue weighted by Gasteiger charge is 2.36. The van der Waals surface area contributed by atoms with Gasteiger partial charge in [0.25, 0.3) is 0 Å². The van der Waals surface area contributed by atoms with Crippen LogP contribution in [-0.4, -0.2) is 51.6 Å². The first kappa shape index (κ1) is 21.2. The molecular formula is C23H26N5O2S+. The van der Waals surface area contributed by atoms with Gasteiger partial charge in [0, 0.05) is 0 Å². The third-order valence-corrected chi connectivity index (χ3v) is 7.82. The van der Waals surface area contributed by atoms with Crippen molar-refractivity contribution in [1.82, 2.24) is 9.97 Å². The van der Waals surface area contributed by atoms with Crippen LogP contribution in [0.3, 0.4) is 0 Å². The van der Waals surface area contributed by atoms with Crippen LogP contribution in [0, 0.1) is 25.2 Å². The lowest BCUT2D eigenvalue weighted by molar-refractivity contribution is -0.880. The number of fused-ring (bicyclic) bond motifs is 1. The molecule has 0 aliphatic carbocycles. The molecule has 0 spiro atoms. The number of hydrogen-bond donors (Lipinski definition) is 1. The first-order chi connectivity index (χ1) is 14.8. The number of quaternary nitrogens is 1. The lowest BCUT2D eigenvalue weighted by atomic mass is 10.2. The van der Waals surface area contributed by atoms with E-state index in [0.29, 0.717) is 22.4 Å². The predicted molar refractivity (Wildman–Crippen MR) is 120 cm³/mol. The van der Waals surface area contributed by atoms with E-state index in [-0.39, 0.29) is 10.6 Å². The van der Waals surface area contributed by atoms with E-state index in [4.69, 9.17) is 4.98 Å². The molecule has 1 N–H and O–H groups in total. The molecule has 0 amide bonds. The van der Waals surface area contributed by atoms with Gasteiger partial charge in [-0.15, -0.1) is 0 Å². The molecule has 0 radical (unpaired) electrons. The zero-order chi connectivity index (χ0) is 22.2. The molecule has 1 aliphatic rings. The standard InChI is InChI=1S/C23H25N5O2S/c1-16-8-9-17(2)20(14-16)31(29,30)21(15-24)22-23(28-12-10-27(3)11-13-28)26-19-7-5-4-6-18(19)25-22/h4-9,14,21H,10-13H2,1-3H3/p+1/t21-/m0/s1. The molecule has 0 bridgehead atoms. The maximum absolute atomic E-state index is 13.6. The molecule has 4 rings (SSSR count). The Morgan fingerprint density at radius 1 is 1.06 bits per heavy atom. The van der Waals surface area contributed by atoms with Crippen LogP contribution in [0.4, 0.5) is 5.82 Å². The smallest absolute Gasteiger partial charge is 0.200 e. The van der Waals surface area contributed by atoms with Gasteiger partial charge in [0.15, 0.2) is 11.1 Å². The molecular weight excluding hydrogens is 410 g/mol. The summed E-state index contributed by atoms with van der Waals surface area (Å²) in [5.74, 6) is 0.492. The predicted octanol–water partition coefficient (Wildman–Crippen LogP) is 1.62. The normalized spacial score (nSPS) is 16.3. The van der Waals surface area contributed by atoms with Crippen molar-refractivity contribution >= 4 is 26.7 Å². The largest absolute Gasteiger partial charge is 0.344 e. The van der Waals surface area contributed by atoms with Crippen molar-refractivity contribution in [1.29, 1.82) is 5.26 Å². The number of para-hydroxylation sites is 2. The summed E-state index contributed by atoms with van der Waals surface area (Å²) >= 11 is 0. The van der Waals surface area contributed by atoms with Gasteiger partial charge in [-0.05, 0) is 43.2 Å². The first-order valence-corrected chi connectivity index (χ1v) is 11.9. The Balaban J connectivity index is 1.91. The maximum Gasteiger partial charge on any atom is 0.200 e. The van der Waals surface area contributed by atoms with Crippen LogP contribution in [0.5, 0.6) is 0 Å². The third kappa shape index (κ3) is 3.99. The van der Waals surface area contributed by atoms with Gasteiger partial charge in [0.2, 0.25) is 9.84 Å². The number of benzene rings is 2. The monoisotopic (exact) mass is 436 g/mol. The van der Waals surface area contributed by atoms with Crippen LogP contribution in [-0.2, 0) is 9.84 Å². The Morgan fingerprint density at radius 3 is 2.35 bits per heavy atom. The Kier molecular flexibility index (Phi) is 5.65. The van der Waals surface area contributed by atoms with Gasteiger partial charge in [-0.3, -0.25) is 0 Å². The minimum atomic E-state index is -3.99. The summed E-state index contributed by atoms with van der Waals surface area (Å²) < 4.78 is 27.3. The average Bonchev–Trinajstić information content (AvgIpc) is 2.76. The number of rotatable bonds is 4. The molecule has 1 aliphatic heterocycles. The maximum atomic E-state index is 13.6. The summed E-state index contributed by atoms with van der Waals surface area (Å²) in [7, 11) is -1.86. The zero-order valence-corrected chi connectivity index (χ0v) is 18.8. The minimum absolute atomic E-state index is 0.169. The summed E-state index contributed by atoms with van der Waals surface area (Å²) in [6.45, 7) is 6.87. The van der Waals surface area contributed by atoms with Gasteiger partial charge in [0.1, 0.15) is 5.69 Å². The second-order valence-corrected chi connectivity index (χ2v) is 10.2. The van der Waals surface area contributed by atoms with Crippen LogP contribution in [0.1, 0.15) is 22.1 Å². The van der Waals surface area contributed by atoms with E-state index >= 15 is 0 Å². The average molecular weight is 437 g/mol. The van der Waals surface area contributed by atoms with Crippen molar-refractivity contribution in [3.63, 3.8) is 0 Å². The molecule has 1 atom stereocenters. The van der Waals surface area contributed by atoms with Crippen LogP contribution < -0.4 is 9.80 Å². The number of aromatic nitrogens is 2. The Labute approximate surface area is 182 Å². The van der Waals surface area contributed by atoms with E-state index in [1.54, 1.807) is 25.1 Å². The fourth-order valence-corrected chi connectivity index (χ4v) is 5.64. The molecule has 8 heteroatoms. The number of likely N-dealkylation sites (N-methyl/N-ethyl adjacent to an activating group) is 1. The van der Waals surface area contributed by atoms with Gasteiger partial charge in [-0.25, -0.2) is 18.4 Å². The topological polar surface area (TPSA) is 91.4 Å². The number of aryl methyl sites for hydroxylation is 2. The summed E-state index contributed by atoms with van der Waals surface area (Å²) in [5, 5.41) is 8.62. The molecule has 160 valence electrons. The molecule has 7 nitrogen and oxygen atoms in total. The van der Waals surface area contributed by atoms with Crippen LogP contribution in [0.2, 0.25) is 0 Å². The Hall–Kier alpha value is -3.02. The van der Waals surface area contributed by atoms with Crippen molar-refractivity contribution in [2.75, 3.05) is 38.1 Å². The molecule has 1 fully saturated rings. The number of anilines is 1. The summed E-state index contributed by atoms with van der Waals surface area (Å²) in [6.07, 6.45) is 0. The summed E-state index contributed by atoms with van der Waals surface area (Å²) in [6, 6.07) is 14.7. The lowest BCUT2D eigenvalue weighted by Gasteiger charge is -2.32. The molecule has 3 aromatic rings. The summed E-state index contributed by atoms with van der Waals surface area (Å²) in [4.78, 5) is 13.1. The summed E-state index contributed by atoms with van der Waals surface area (Å²) in [5.41, 5.74) is 2.92. The van der Waals surface area contributed by atoms with Crippen molar-refractivity contribution in [2.24, 2.45) is 0 Å². The number of nitrogens with zero attached hydrogens (tertiary/aromatic N) is 4. The van der Waals surface area contributed by atoms with E-state index in [2.05, 4.69) is 16.9 Å². The van der Waals surface area contributed by atoms with Gasteiger partial charge in [0.05, 0.1) is 55.2 Å². The van der Waals surface area contributed by atoms with Gasteiger partial charge >= 0.3 is 0 Å². The zero-order valence-electron chi connectivity index (χ0n) is 18.0. The highest BCUT2D eigenvalue weighted by Crippen LogP contribution is 2.35. The van der Waals surface area contributed by atoms with Crippen molar-refractivity contribution < 1.29 is 13.3 Å². The highest BCUT2D eigenvalue weighted by atomic mass is 32.2. The van der Waals surface area contributed by atoms with E-state index < -0.39 is 15.1 Å². The Morgan fingerprint density at radius 2 is 1.71 bits per heavy atom. The second kappa shape index (κ2) is 8.25. The molecule has 2 heterocycles. The number of nitriles is 1. The van der Waals surface area contributed by atoms with Crippen molar-refractivity contribution in [2.45, 2.75) is 24.0 Å². The number of nitrogens with one attached hydrogen (secondary N) is 1. The minimum Gasteiger partial charge on any atom is -0.344 e. The van der Waals surface area contributed by atoms with Crippen molar-refractivity contribution in [3.05, 3.63) is 59.3 Å². The number of hydrogen-bond acceptors (Lipinski definition) is 6. The molecule has 1 saturated heterocycles. The SMILES string of the molecule is Cc1ccc(C)c(S(=O)(=O)[C@@H](C#N)c2nc3ccccc3nc2N2CC[NH+](C)CC2)c1. The third-order valence-electron chi connectivity index (χ3n) is 5.82. The molecule has 0 unspecified atom stereocenters.